The Morgan fingerprint density at radius 1 is 1.38 bits per heavy atom. The van der Waals surface area contributed by atoms with Gasteiger partial charge < -0.3 is 14.4 Å². The molecular formula is C11H12N2O3. The van der Waals surface area contributed by atoms with E-state index in [1.165, 1.54) is 0 Å². The van der Waals surface area contributed by atoms with Gasteiger partial charge in [0.1, 0.15) is 11.9 Å². The quantitative estimate of drug-likeness (QED) is 0.849. The summed E-state index contributed by atoms with van der Waals surface area (Å²) in [6.07, 6.45) is -0.728. The van der Waals surface area contributed by atoms with Crippen LogP contribution in [0.5, 0.6) is 5.75 Å². The molecule has 2 aromatic rings. The number of aliphatic hydroxyl groups excluding tert-OH is 1. The van der Waals surface area contributed by atoms with Gasteiger partial charge in [0.25, 0.3) is 5.89 Å². The summed E-state index contributed by atoms with van der Waals surface area (Å²) in [6, 6.07) is 9.34. The molecule has 0 fully saturated rings. The standard InChI is InChI=1S/C11H12N2O3/c1-8(14)11-12-10(16-13-11)7-15-9-5-3-2-4-6-9/h2-6,8,14H,7H2,1H3. The highest BCUT2D eigenvalue weighted by Gasteiger charge is 2.10. The van der Waals surface area contributed by atoms with Gasteiger partial charge in [0.05, 0.1) is 0 Å². The van der Waals surface area contributed by atoms with E-state index in [4.69, 9.17) is 9.26 Å². The van der Waals surface area contributed by atoms with Crippen LogP contribution in [0.15, 0.2) is 34.9 Å². The average Bonchev–Trinajstić information content (AvgIpc) is 2.76. The van der Waals surface area contributed by atoms with Gasteiger partial charge in [0.15, 0.2) is 12.4 Å². The monoisotopic (exact) mass is 220 g/mol. The summed E-state index contributed by atoms with van der Waals surface area (Å²) in [7, 11) is 0. The minimum Gasteiger partial charge on any atom is -0.484 e. The summed E-state index contributed by atoms with van der Waals surface area (Å²) in [5, 5.41) is 12.8. The maximum Gasteiger partial charge on any atom is 0.264 e. The Labute approximate surface area is 92.7 Å². The Hall–Kier alpha value is -1.88. The van der Waals surface area contributed by atoms with E-state index in [-0.39, 0.29) is 12.4 Å². The average molecular weight is 220 g/mol. The predicted octanol–water partition coefficient (Wildman–Crippen LogP) is 1.70. The summed E-state index contributed by atoms with van der Waals surface area (Å²) >= 11 is 0. The van der Waals surface area contributed by atoms with Crippen LogP contribution in [0, 0.1) is 0 Å². The number of hydrogen-bond acceptors (Lipinski definition) is 5. The number of nitrogens with zero attached hydrogens (tertiary/aromatic N) is 2. The number of hydrogen-bond donors (Lipinski definition) is 1. The number of aliphatic hydroxyl groups is 1. The molecule has 1 N–H and O–H groups in total. The van der Waals surface area contributed by atoms with Crippen molar-refractivity contribution in [3.05, 3.63) is 42.0 Å². The Kier molecular flexibility index (Phi) is 3.16. The molecule has 16 heavy (non-hydrogen) atoms. The Morgan fingerprint density at radius 2 is 2.12 bits per heavy atom. The SMILES string of the molecule is CC(O)c1noc(COc2ccccc2)n1. The molecule has 0 saturated heterocycles. The van der Waals surface area contributed by atoms with Gasteiger partial charge in [-0.15, -0.1) is 0 Å². The summed E-state index contributed by atoms with van der Waals surface area (Å²) in [5.74, 6) is 1.35. The fourth-order valence-electron chi connectivity index (χ4n) is 1.16. The largest absolute Gasteiger partial charge is 0.484 e. The first-order chi connectivity index (χ1) is 7.75. The third-order valence-electron chi connectivity index (χ3n) is 1.96. The van der Waals surface area contributed by atoms with Crippen molar-refractivity contribution in [1.82, 2.24) is 10.1 Å². The van der Waals surface area contributed by atoms with Crippen LogP contribution in [0.4, 0.5) is 0 Å². The molecule has 1 aromatic carbocycles. The summed E-state index contributed by atoms with van der Waals surface area (Å²) < 4.78 is 10.3. The van der Waals surface area contributed by atoms with Crippen molar-refractivity contribution in [2.75, 3.05) is 0 Å². The van der Waals surface area contributed by atoms with Crippen molar-refractivity contribution in [2.24, 2.45) is 0 Å². The maximum atomic E-state index is 9.20. The van der Waals surface area contributed by atoms with Gasteiger partial charge in [-0.2, -0.15) is 4.98 Å². The second-order valence-corrected chi connectivity index (χ2v) is 3.32. The first kappa shape index (κ1) is 10.6. The highest BCUT2D eigenvalue weighted by Crippen LogP contribution is 2.12. The van der Waals surface area contributed by atoms with Gasteiger partial charge in [-0.05, 0) is 19.1 Å². The molecule has 5 heteroatoms. The van der Waals surface area contributed by atoms with E-state index in [1.54, 1.807) is 6.92 Å². The fourth-order valence-corrected chi connectivity index (χ4v) is 1.16. The van der Waals surface area contributed by atoms with E-state index in [0.29, 0.717) is 5.89 Å². The number of benzene rings is 1. The molecule has 0 saturated carbocycles. The van der Waals surface area contributed by atoms with Crippen LogP contribution in [-0.2, 0) is 6.61 Å². The second-order valence-electron chi connectivity index (χ2n) is 3.32. The van der Waals surface area contributed by atoms with Crippen molar-refractivity contribution in [2.45, 2.75) is 19.6 Å². The van der Waals surface area contributed by atoms with Gasteiger partial charge in [-0.25, -0.2) is 0 Å². The lowest BCUT2D eigenvalue weighted by atomic mass is 10.3. The topological polar surface area (TPSA) is 68.4 Å². The van der Waals surface area contributed by atoms with Crippen LogP contribution in [0.25, 0.3) is 0 Å². The summed E-state index contributed by atoms with van der Waals surface area (Å²) in [4.78, 5) is 3.97. The molecule has 1 aromatic heterocycles. The third kappa shape index (κ3) is 2.58. The minimum atomic E-state index is -0.728. The number of rotatable bonds is 4. The molecule has 2 rings (SSSR count). The lowest BCUT2D eigenvalue weighted by Gasteiger charge is -2.01. The van der Waals surface area contributed by atoms with Gasteiger partial charge in [-0.3, -0.25) is 0 Å². The van der Waals surface area contributed by atoms with E-state index < -0.39 is 6.10 Å². The smallest absolute Gasteiger partial charge is 0.264 e. The number of para-hydroxylation sites is 1. The van der Waals surface area contributed by atoms with Crippen molar-refractivity contribution >= 4 is 0 Å². The normalized spacial score (nSPS) is 12.4. The van der Waals surface area contributed by atoms with Gasteiger partial charge >= 0.3 is 0 Å². The lowest BCUT2D eigenvalue weighted by Crippen LogP contribution is -1.97. The van der Waals surface area contributed by atoms with Gasteiger partial charge in [0, 0.05) is 0 Å². The molecule has 0 radical (unpaired) electrons. The molecule has 84 valence electrons. The maximum absolute atomic E-state index is 9.20. The van der Waals surface area contributed by atoms with E-state index in [2.05, 4.69) is 10.1 Å². The first-order valence-corrected chi connectivity index (χ1v) is 4.94. The molecule has 0 spiro atoms. The van der Waals surface area contributed by atoms with Crippen LogP contribution in [0.3, 0.4) is 0 Å². The number of aromatic nitrogens is 2. The predicted molar refractivity (Wildman–Crippen MR) is 55.7 cm³/mol. The van der Waals surface area contributed by atoms with Crippen LogP contribution in [0.2, 0.25) is 0 Å². The van der Waals surface area contributed by atoms with E-state index in [0.717, 1.165) is 5.75 Å². The van der Waals surface area contributed by atoms with Gasteiger partial charge in [0.2, 0.25) is 0 Å². The zero-order valence-corrected chi connectivity index (χ0v) is 8.83. The van der Waals surface area contributed by atoms with Crippen LogP contribution in [0.1, 0.15) is 24.7 Å². The summed E-state index contributed by atoms with van der Waals surface area (Å²) in [6.45, 7) is 1.77. The molecule has 1 atom stereocenters. The molecule has 0 aliphatic carbocycles. The lowest BCUT2D eigenvalue weighted by molar-refractivity contribution is 0.183. The highest BCUT2D eigenvalue weighted by molar-refractivity contribution is 5.20. The molecule has 0 aliphatic heterocycles. The van der Waals surface area contributed by atoms with Crippen molar-refractivity contribution < 1.29 is 14.4 Å². The minimum absolute atomic E-state index is 0.198. The third-order valence-corrected chi connectivity index (χ3v) is 1.96. The zero-order valence-electron chi connectivity index (χ0n) is 8.83. The van der Waals surface area contributed by atoms with Crippen molar-refractivity contribution in [1.29, 1.82) is 0 Å². The first-order valence-electron chi connectivity index (χ1n) is 4.94. The van der Waals surface area contributed by atoms with Crippen molar-refractivity contribution in [3.8, 4) is 5.75 Å². The molecule has 0 amide bonds. The van der Waals surface area contributed by atoms with E-state index in [1.807, 2.05) is 30.3 Å². The van der Waals surface area contributed by atoms with Crippen LogP contribution in [-0.4, -0.2) is 15.2 Å². The van der Waals surface area contributed by atoms with E-state index in [9.17, 15) is 5.11 Å². The van der Waals surface area contributed by atoms with Crippen LogP contribution < -0.4 is 4.74 Å². The number of ether oxygens (including phenoxy) is 1. The van der Waals surface area contributed by atoms with Crippen molar-refractivity contribution in [3.63, 3.8) is 0 Å². The molecule has 0 aliphatic rings. The molecule has 1 unspecified atom stereocenters. The summed E-state index contributed by atoms with van der Waals surface area (Å²) in [5.41, 5.74) is 0. The van der Waals surface area contributed by atoms with E-state index >= 15 is 0 Å². The Balaban J connectivity index is 1.95. The Bertz CT molecular complexity index is 440. The van der Waals surface area contributed by atoms with Crippen LogP contribution >= 0.6 is 0 Å². The molecular weight excluding hydrogens is 208 g/mol. The van der Waals surface area contributed by atoms with Gasteiger partial charge in [-0.1, -0.05) is 23.4 Å². The fraction of sp³-hybridized carbons (Fsp3) is 0.273. The molecule has 0 bridgehead atoms. The zero-order chi connectivity index (χ0) is 11.4. The Morgan fingerprint density at radius 3 is 2.75 bits per heavy atom. The molecule has 1 heterocycles. The second kappa shape index (κ2) is 4.76. The highest BCUT2D eigenvalue weighted by atomic mass is 16.5. The molecule has 5 nitrogen and oxygen atoms in total.